The van der Waals surface area contributed by atoms with Crippen LogP contribution in [0.15, 0.2) is 35.1 Å². The average molecular weight is 424 g/mol. The summed E-state index contributed by atoms with van der Waals surface area (Å²) >= 11 is 0. The molecule has 0 bridgehead atoms. The number of anilines is 1. The minimum Gasteiger partial charge on any atom is -0.347 e. The molecule has 162 valence electrons. The fourth-order valence-corrected chi connectivity index (χ4v) is 3.89. The fraction of sp³-hybridized carbons (Fsp3) is 0.409. The van der Waals surface area contributed by atoms with Crippen LogP contribution >= 0.6 is 0 Å². The first-order valence-electron chi connectivity index (χ1n) is 10.3. The van der Waals surface area contributed by atoms with Crippen molar-refractivity contribution < 1.29 is 13.8 Å². The maximum absolute atomic E-state index is 14.6. The zero-order chi connectivity index (χ0) is 22.0. The van der Waals surface area contributed by atoms with Crippen molar-refractivity contribution in [2.24, 2.45) is 0 Å². The van der Waals surface area contributed by atoms with Gasteiger partial charge in [-0.25, -0.2) is 19.0 Å². The molecule has 1 amide bonds. The van der Waals surface area contributed by atoms with Crippen molar-refractivity contribution in [3.8, 4) is 11.1 Å². The molecule has 1 aliphatic rings. The molecule has 0 radical (unpaired) electrons. The zero-order valence-electron chi connectivity index (χ0n) is 17.9. The molecule has 1 aliphatic heterocycles. The number of aromatic nitrogens is 4. The van der Waals surface area contributed by atoms with Crippen LogP contribution < -0.4 is 4.90 Å². The summed E-state index contributed by atoms with van der Waals surface area (Å²) in [6.07, 6.45) is 3.53. The molecule has 1 unspecified atom stereocenters. The molecule has 0 spiro atoms. The van der Waals surface area contributed by atoms with Gasteiger partial charge >= 0.3 is 0 Å². The molecule has 0 N–H and O–H groups in total. The van der Waals surface area contributed by atoms with E-state index in [4.69, 9.17) is 9.61 Å². The lowest BCUT2D eigenvalue weighted by Gasteiger charge is -2.33. The first-order valence-corrected chi connectivity index (χ1v) is 10.3. The van der Waals surface area contributed by atoms with E-state index >= 15 is 0 Å². The van der Waals surface area contributed by atoms with Gasteiger partial charge in [-0.2, -0.15) is 0 Å². The molecule has 1 fully saturated rings. The summed E-state index contributed by atoms with van der Waals surface area (Å²) in [6, 6.07) is 6.63. The normalized spacial score (nSPS) is 16.4. The quantitative estimate of drug-likeness (QED) is 0.622. The number of carbonyl (C=O) groups excluding carboxylic acids is 1. The van der Waals surface area contributed by atoms with Crippen LogP contribution in [0.1, 0.15) is 35.8 Å². The molecule has 8 nitrogen and oxygen atoms in total. The standard InChI is InChI=1S/C22H25FN6O2/c1-14-19(27-31-26-14)11-20(30)29-10-6-7-15(13-29)21-17(12-24-22(25-21)28(2)3)16-8-4-5-9-18(16)23/h4-5,8-9,12,15H,6-7,10-11,13H2,1-3H3. The number of likely N-dealkylation sites (tertiary alicyclic amines) is 1. The average Bonchev–Trinajstić information content (AvgIpc) is 3.18. The summed E-state index contributed by atoms with van der Waals surface area (Å²) in [5.74, 6) is 0.189. The van der Waals surface area contributed by atoms with Crippen LogP contribution in [0.2, 0.25) is 0 Å². The molecule has 3 heterocycles. The van der Waals surface area contributed by atoms with Gasteiger partial charge in [0.2, 0.25) is 11.9 Å². The molecule has 2 aromatic heterocycles. The lowest BCUT2D eigenvalue weighted by Crippen LogP contribution is -2.40. The number of hydrogen-bond donors (Lipinski definition) is 0. The predicted octanol–water partition coefficient (Wildman–Crippen LogP) is 2.99. The van der Waals surface area contributed by atoms with E-state index in [1.807, 2.05) is 23.9 Å². The Morgan fingerprint density at radius 3 is 2.77 bits per heavy atom. The number of halogens is 1. The van der Waals surface area contributed by atoms with Gasteiger partial charge in [0.25, 0.3) is 0 Å². The third-order valence-corrected chi connectivity index (χ3v) is 5.60. The smallest absolute Gasteiger partial charge is 0.228 e. The summed E-state index contributed by atoms with van der Waals surface area (Å²) in [5.41, 5.74) is 3.07. The summed E-state index contributed by atoms with van der Waals surface area (Å²) < 4.78 is 19.3. The van der Waals surface area contributed by atoms with E-state index in [0.717, 1.165) is 18.5 Å². The van der Waals surface area contributed by atoms with Crippen molar-refractivity contribution in [2.45, 2.75) is 32.1 Å². The van der Waals surface area contributed by atoms with Crippen molar-refractivity contribution >= 4 is 11.9 Å². The molecule has 1 atom stereocenters. The predicted molar refractivity (Wildman–Crippen MR) is 113 cm³/mol. The summed E-state index contributed by atoms with van der Waals surface area (Å²) in [6.45, 7) is 2.94. The Morgan fingerprint density at radius 2 is 2.06 bits per heavy atom. The molecule has 3 aromatic rings. The van der Waals surface area contributed by atoms with Crippen molar-refractivity contribution in [1.29, 1.82) is 0 Å². The number of rotatable bonds is 5. The third kappa shape index (κ3) is 4.40. The molecule has 1 saturated heterocycles. The highest BCUT2D eigenvalue weighted by molar-refractivity contribution is 5.79. The fourth-order valence-electron chi connectivity index (χ4n) is 3.89. The third-order valence-electron chi connectivity index (χ3n) is 5.60. The Labute approximate surface area is 180 Å². The van der Waals surface area contributed by atoms with Crippen LogP contribution in [0.3, 0.4) is 0 Å². The van der Waals surface area contributed by atoms with Gasteiger partial charge < -0.3 is 9.80 Å². The highest BCUT2D eigenvalue weighted by Crippen LogP contribution is 2.35. The van der Waals surface area contributed by atoms with E-state index in [2.05, 4.69) is 15.3 Å². The lowest BCUT2D eigenvalue weighted by molar-refractivity contribution is -0.131. The number of aryl methyl sites for hydroxylation is 1. The van der Waals surface area contributed by atoms with Crippen LogP contribution in [0.5, 0.6) is 0 Å². The molecule has 0 saturated carbocycles. The molecular formula is C22H25FN6O2. The van der Waals surface area contributed by atoms with Gasteiger partial charge in [-0.05, 0) is 25.8 Å². The first kappa shape index (κ1) is 20.9. The van der Waals surface area contributed by atoms with Gasteiger partial charge in [-0.1, -0.05) is 28.5 Å². The van der Waals surface area contributed by atoms with Crippen LogP contribution in [-0.4, -0.2) is 58.3 Å². The molecule has 31 heavy (non-hydrogen) atoms. The van der Waals surface area contributed by atoms with Crippen LogP contribution in [0, 0.1) is 12.7 Å². The summed E-state index contributed by atoms with van der Waals surface area (Å²) in [4.78, 5) is 25.7. The number of nitrogens with zero attached hydrogens (tertiary/aromatic N) is 6. The first-order chi connectivity index (χ1) is 14.9. The lowest BCUT2D eigenvalue weighted by atomic mass is 9.89. The van der Waals surface area contributed by atoms with Crippen molar-refractivity contribution in [3.05, 3.63) is 53.4 Å². The number of piperidine rings is 1. The molecule has 1 aromatic carbocycles. The van der Waals surface area contributed by atoms with Gasteiger partial charge in [0, 0.05) is 50.4 Å². The second-order valence-corrected chi connectivity index (χ2v) is 8.00. The molecule has 9 heteroatoms. The number of hydrogen-bond acceptors (Lipinski definition) is 7. The second kappa shape index (κ2) is 8.79. The second-order valence-electron chi connectivity index (χ2n) is 8.00. The molecule has 4 rings (SSSR count). The monoisotopic (exact) mass is 424 g/mol. The Kier molecular flexibility index (Phi) is 5.92. The summed E-state index contributed by atoms with van der Waals surface area (Å²) in [5, 5.41) is 7.56. The van der Waals surface area contributed by atoms with Gasteiger partial charge in [0.1, 0.15) is 17.2 Å². The van der Waals surface area contributed by atoms with Crippen molar-refractivity contribution in [2.75, 3.05) is 32.1 Å². The maximum Gasteiger partial charge on any atom is 0.228 e. The van der Waals surface area contributed by atoms with Crippen LogP contribution in [0.25, 0.3) is 11.1 Å². The molecule has 0 aliphatic carbocycles. The number of carbonyl (C=O) groups is 1. The summed E-state index contributed by atoms with van der Waals surface area (Å²) in [7, 11) is 3.74. The van der Waals surface area contributed by atoms with Crippen molar-refractivity contribution in [1.82, 2.24) is 25.2 Å². The van der Waals surface area contributed by atoms with E-state index in [-0.39, 0.29) is 24.1 Å². The minimum absolute atomic E-state index is 0.0227. The molecular weight excluding hydrogens is 399 g/mol. The SMILES string of the molecule is Cc1nonc1CC(=O)N1CCCC(c2nc(N(C)C)ncc2-c2ccccc2F)C1. The maximum atomic E-state index is 14.6. The van der Waals surface area contributed by atoms with Crippen LogP contribution in [-0.2, 0) is 11.2 Å². The van der Waals surface area contributed by atoms with E-state index in [1.165, 1.54) is 6.07 Å². The van der Waals surface area contributed by atoms with Gasteiger partial charge in [0.05, 0.1) is 12.1 Å². The Bertz CT molecular complexity index is 1080. The Balaban J connectivity index is 1.64. The van der Waals surface area contributed by atoms with E-state index in [9.17, 15) is 9.18 Å². The number of benzene rings is 1. The Morgan fingerprint density at radius 1 is 1.26 bits per heavy atom. The van der Waals surface area contributed by atoms with Gasteiger partial charge in [-0.15, -0.1) is 0 Å². The van der Waals surface area contributed by atoms with E-state index < -0.39 is 0 Å². The van der Waals surface area contributed by atoms with Gasteiger partial charge in [0.15, 0.2) is 0 Å². The van der Waals surface area contributed by atoms with Crippen LogP contribution in [0.4, 0.5) is 10.3 Å². The number of amides is 1. The van der Waals surface area contributed by atoms with E-state index in [0.29, 0.717) is 41.6 Å². The van der Waals surface area contributed by atoms with Gasteiger partial charge in [-0.3, -0.25) is 4.79 Å². The van der Waals surface area contributed by atoms with Crippen molar-refractivity contribution in [3.63, 3.8) is 0 Å². The minimum atomic E-state index is -0.317. The highest BCUT2D eigenvalue weighted by atomic mass is 19.1. The highest BCUT2D eigenvalue weighted by Gasteiger charge is 2.29. The topological polar surface area (TPSA) is 88.2 Å². The Hall–Kier alpha value is -3.36. The van der Waals surface area contributed by atoms with E-state index in [1.54, 1.807) is 31.3 Å². The zero-order valence-corrected chi connectivity index (χ0v) is 17.9. The largest absolute Gasteiger partial charge is 0.347 e.